The van der Waals surface area contributed by atoms with Gasteiger partial charge in [-0.2, -0.15) is 13.2 Å². The molecule has 0 aromatic heterocycles. The number of halogens is 4. The van der Waals surface area contributed by atoms with Crippen LogP contribution in [0.2, 0.25) is 5.02 Å². The minimum Gasteiger partial charge on any atom is -0.326 e. The van der Waals surface area contributed by atoms with E-state index in [9.17, 15) is 32.9 Å². The fourth-order valence-electron chi connectivity index (χ4n) is 2.53. The number of benzene rings is 2. The van der Waals surface area contributed by atoms with Crippen LogP contribution in [-0.4, -0.2) is 41.8 Å². The first kappa shape index (κ1) is 24.1. The zero-order chi connectivity index (χ0) is 23.2. The van der Waals surface area contributed by atoms with Crippen LogP contribution in [0.5, 0.6) is 0 Å². The average molecular weight is 459 g/mol. The number of hydrogen-bond acceptors (Lipinski definition) is 5. The highest BCUT2D eigenvalue weighted by Gasteiger charge is 2.33. The Kier molecular flexibility index (Phi) is 7.95. The summed E-state index contributed by atoms with van der Waals surface area (Å²) in [5.74, 6) is -0.928. The number of anilines is 2. The predicted octanol–water partition coefficient (Wildman–Crippen LogP) is 4.17. The molecule has 2 aromatic carbocycles. The van der Waals surface area contributed by atoms with Crippen LogP contribution in [0.3, 0.4) is 0 Å². The Morgan fingerprint density at radius 3 is 2.23 bits per heavy atom. The van der Waals surface area contributed by atoms with Crippen molar-refractivity contribution in [1.82, 2.24) is 4.90 Å². The molecule has 0 aliphatic heterocycles. The number of nitro groups is 1. The van der Waals surface area contributed by atoms with E-state index < -0.39 is 27.6 Å². The molecule has 0 unspecified atom stereocenters. The third-order valence-corrected chi connectivity index (χ3v) is 4.38. The van der Waals surface area contributed by atoms with E-state index in [0.717, 1.165) is 12.1 Å². The number of carbonyl (C=O) groups is 2. The zero-order valence-electron chi connectivity index (χ0n) is 16.2. The van der Waals surface area contributed by atoms with Gasteiger partial charge in [0.15, 0.2) is 0 Å². The van der Waals surface area contributed by atoms with Gasteiger partial charge in [0.25, 0.3) is 5.69 Å². The van der Waals surface area contributed by atoms with Gasteiger partial charge in [-0.25, -0.2) is 0 Å². The molecule has 8 nitrogen and oxygen atoms in total. The van der Waals surface area contributed by atoms with Gasteiger partial charge in [-0.15, -0.1) is 0 Å². The smallest absolute Gasteiger partial charge is 0.326 e. The Morgan fingerprint density at radius 2 is 1.65 bits per heavy atom. The summed E-state index contributed by atoms with van der Waals surface area (Å²) < 4.78 is 38.7. The molecule has 12 heteroatoms. The number of likely N-dealkylation sites (N-methyl/N-ethyl adjacent to an activating group) is 1. The lowest BCUT2D eigenvalue weighted by Crippen LogP contribution is -2.32. The molecule has 2 N–H and O–H groups in total. The summed E-state index contributed by atoms with van der Waals surface area (Å²) >= 11 is 5.54. The van der Waals surface area contributed by atoms with Crippen LogP contribution in [-0.2, 0) is 15.8 Å². The van der Waals surface area contributed by atoms with Gasteiger partial charge in [0.2, 0.25) is 11.8 Å². The second-order valence-electron chi connectivity index (χ2n) is 6.58. The van der Waals surface area contributed by atoms with Gasteiger partial charge >= 0.3 is 6.18 Å². The molecule has 166 valence electrons. The van der Waals surface area contributed by atoms with Gasteiger partial charge in [-0.3, -0.25) is 24.6 Å². The van der Waals surface area contributed by atoms with Crippen LogP contribution in [0.25, 0.3) is 0 Å². The molecular formula is C19H18ClF3N4O4. The standard InChI is InChI=1S/C19H18ClF3N4O4/c1-26(9-8-17(28)24-12-2-5-14(6-3-12)27(30)31)11-18(29)25-13-4-7-16(20)15(10-13)19(21,22)23/h2-7,10H,8-9,11H2,1H3,(H,24,28)(H,25,29). The molecule has 0 saturated heterocycles. The van der Waals surface area contributed by atoms with Gasteiger partial charge in [-0.05, 0) is 37.4 Å². The number of rotatable bonds is 8. The highest BCUT2D eigenvalue weighted by atomic mass is 35.5. The summed E-state index contributed by atoms with van der Waals surface area (Å²) in [6.07, 6.45) is -4.62. The predicted molar refractivity (Wildman–Crippen MR) is 109 cm³/mol. The SMILES string of the molecule is CN(CCC(=O)Nc1ccc([N+](=O)[O-])cc1)CC(=O)Nc1ccc(Cl)c(C(F)(F)F)c1. The summed E-state index contributed by atoms with van der Waals surface area (Å²) in [5, 5.41) is 15.1. The van der Waals surface area contributed by atoms with Crippen molar-refractivity contribution in [2.75, 3.05) is 30.8 Å². The van der Waals surface area contributed by atoms with E-state index in [2.05, 4.69) is 10.6 Å². The van der Waals surface area contributed by atoms with Crippen molar-refractivity contribution in [3.05, 3.63) is 63.2 Å². The van der Waals surface area contributed by atoms with Gasteiger partial charge in [0.05, 0.1) is 22.1 Å². The second kappa shape index (κ2) is 10.2. The first-order valence-corrected chi connectivity index (χ1v) is 9.23. The van der Waals surface area contributed by atoms with Crippen LogP contribution >= 0.6 is 11.6 Å². The molecule has 0 atom stereocenters. The molecule has 2 rings (SSSR count). The highest BCUT2D eigenvalue weighted by Crippen LogP contribution is 2.36. The van der Waals surface area contributed by atoms with Crippen LogP contribution in [0.15, 0.2) is 42.5 Å². The molecule has 0 fully saturated rings. The maximum atomic E-state index is 12.9. The van der Waals surface area contributed by atoms with Crippen LogP contribution in [0.1, 0.15) is 12.0 Å². The third kappa shape index (κ3) is 7.54. The van der Waals surface area contributed by atoms with Crippen LogP contribution in [0, 0.1) is 10.1 Å². The number of alkyl halides is 3. The van der Waals surface area contributed by atoms with Crippen molar-refractivity contribution in [2.24, 2.45) is 0 Å². The summed E-state index contributed by atoms with van der Waals surface area (Å²) in [5.41, 5.74) is -0.819. The molecule has 31 heavy (non-hydrogen) atoms. The molecular weight excluding hydrogens is 441 g/mol. The molecule has 0 aliphatic carbocycles. The number of non-ortho nitro benzene ring substituents is 1. The van der Waals surface area contributed by atoms with Crippen molar-refractivity contribution in [2.45, 2.75) is 12.6 Å². The molecule has 0 spiro atoms. The van der Waals surface area contributed by atoms with E-state index in [0.29, 0.717) is 5.69 Å². The third-order valence-electron chi connectivity index (χ3n) is 4.05. The summed E-state index contributed by atoms with van der Waals surface area (Å²) in [7, 11) is 1.57. The van der Waals surface area contributed by atoms with Crippen molar-refractivity contribution in [3.63, 3.8) is 0 Å². The Bertz CT molecular complexity index is 968. The highest BCUT2D eigenvalue weighted by molar-refractivity contribution is 6.31. The van der Waals surface area contributed by atoms with Gasteiger partial charge in [0.1, 0.15) is 0 Å². The fourth-order valence-corrected chi connectivity index (χ4v) is 2.75. The van der Waals surface area contributed by atoms with E-state index in [1.165, 1.54) is 35.2 Å². The lowest BCUT2D eigenvalue weighted by atomic mass is 10.2. The zero-order valence-corrected chi connectivity index (χ0v) is 17.0. The number of carbonyl (C=O) groups excluding carboxylic acids is 2. The number of amides is 2. The van der Waals surface area contributed by atoms with E-state index in [4.69, 9.17) is 11.6 Å². The summed E-state index contributed by atoms with van der Waals surface area (Å²) in [4.78, 5) is 35.6. The molecule has 0 aliphatic rings. The summed E-state index contributed by atoms with van der Waals surface area (Å²) in [6, 6.07) is 8.36. The Hall–Kier alpha value is -3.18. The monoisotopic (exact) mass is 458 g/mol. The Balaban J connectivity index is 1.81. The topological polar surface area (TPSA) is 105 Å². The number of nitrogens with zero attached hydrogens (tertiary/aromatic N) is 2. The Morgan fingerprint density at radius 1 is 1.06 bits per heavy atom. The van der Waals surface area contributed by atoms with Gasteiger partial charge in [0, 0.05) is 36.5 Å². The maximum Gasteiger partial charge on any atom is 0.417 e. The van der Waals surface area contributed by atoms with Gasteiger partial charge in [-0.1, -0.05) is 11.6 Å². The minimum absolute atomic E-state index is 0.0277. The fraction of sp³-hybridized carbons (Fsp3) is 0.263. The second-order valence-corrected chi connectivity index (χ2v) is 6.99. The van der Waals surface area contributed by atoms with Crippen molar-refractivity contribution >= 4 is 40.5 Å². The van der Waals surface area contributed by atoms with Crippen molar-refractivity contribution in [3.8, 4) is 0 Å². The molecule has 2 amide bonds. The van der Waals surface area contributed by atoms with Crippen molar-refractivity contribution < 1.29 is 27.7 Å². The van der Waals surface area contributed by atoms with E-state index in [1.54, 1.807) is 7.05 Å². The summed E-state index contributed by atoms with van der Waals surface area (Å²) in [6.45, 7) is 0.0371. The molecule has 0 bridgehead atoms. The number of hydrogen-bond donors (Lipinski definition) is 2. The maximum absolute atomic E-state index is 12.9. The lowest BCUT2D eigenvalue weighted by molar-refractivity contribution is -0.384. The van der Waals surface area contributed by atoms with Crippen LogP contribution < -0.4 is 10.6 Å². The molecule has 2 aromatic rings. The van der Waals surface area contributed by atoms with E-state index >= 15 is 0 Å². The normalized spacial score (nSPS) is 11.3. The first-order valence-electron chi connectivity index (χ1n) is 8.85. The molecule has 0 radical (unpaired) electrons. The van der Waals surface area contributed by atoms with Gasteiger partial charge < -0.3 is 10.6 Å². The number of nitro benzene ring substituents is 1. The van der Waals surface area contributed by atoms with E-state index in [-0.39, 0.29) is 36.8 Å². The van der Waals surface area contributed by atoms with E-state index in [1.807, 2.05) is 0 Å². The van der Waals surface area contributed by atoms with Crippen LogP contribution in [0.4, 0.5) is 30.2 Å². The first-order chi connectivity index (χ1) is 14.5. The largest absolute Gasteiger partial charge is 0.417 e. The minimum atomic E-state index is -4.65. The lowest BCUT2D eigenvalue weighted by Gasteiger charge is -2.17. The quantitative estimate of drug-likeness (QED) is 0.456. The van der Waals surface area contributed by atoms with Crippen molar-refractivity contribution in [1.29, 1.82) is 0 Å². The molecule has 0 heterocycles. The molecule has 0 saturated carbocycles. The average Bonchev–Trinajstić information content (AvgIpc) is 2.67. The number of nitrogens with one attached hydrogen (secondary N) is 2. The Labute approximate surface area is 180 Å².